The summed E-state index contributed by atoms with van der Waals surface area (Å²) in [5.41, 5.74) is 1.53. The molecule has 1 unspecified atom stereocenters. The van der Waals surface area contributed by atoms with E-state index in [1.807, 2.05) is 19.9 Å². The largest absolute Gasteiger partial charge is 1.00 e. The fourth-order valence-electron chi connectivity index (χ4n) is 2.93. The summed E-state index contributed by atoms with van der Waals surface area (Å²) in [6, 6.07) is -0.0308. The zero-order valence-corrected chi connectivity index (χ0v) is 18.0. The van der Waals surface area contributed by atoms with Gasteiger partial charge in [-0.3, -0.25) is 0 Å². The Morgan fingerprint density at radius 3 is 2.63 bits per heavy atom. The Kier molecular flexibility index (Phi) is 11.7. The number of aromatic nitrogens is 2. The zero-order valence-electron chi connectivity index (χ0n) is 18.0. The normalized spacial score (nSPS) is 23.6. The molecule has 0 spiro atoms. The molecular weight excluding hydrogens is 333 g/mol. The molecule has 0 radical (unpaired) electrons. The van der Waals surface area contributed by atoms with Crippen LogP contribution >= 0.6 is 0 Å². The Morgan fingerprint density at radius 1 is 1.41 bits per heavy atom. The van der Waals surface area contributed by atoms with Crippen LogP contribution in [-0.2, 0) is 4.74 Å². The van der Waals surface area contributed by atoms with E-state index in [1.165, 1.54) is 0 Å². The second kappa shape index (κ2) is 12.0. The van der Waals surface area contributed by atoms with E-state index >= 15 is 0 Å². The van der Waals surface area contributed by atoms with Gasteiger partial charge in [-0.05, 0) is 45.0 Å². The van der Waals surface area contributed by atoms with Crippen LogP contribution in [0.2, 0.25) is 0 Å². The van der Waals surface area contributed by atoms with Gasteiger partial charge in [-0.25, -0.2) is 0 Å². The number of nitrogens with one attached hydrogen (secondary N) is 1. The van der Waals surface area contributed by atoms with E-state index in [-0.39, 0.29) is 62.6 Å². The minimum atomic E-state index is -0.0921. The summed E-state index contributed by atoms with van der Waals surface area (Å²) in [6.45, 7) is 10.4. The van der Waals surface area contributed by atoms with Crippen LogP contribution in [0.15, 0.2) is 6.20 Å². The van der Waals surface area contributed by atoms with Crippen molar-refractivity contribution in [1.29, 1.82) is 0 Å². The standard InChI is InChI=1S/C20H31N3O2.CH3.Li/c1-14(2)25-19-8-6-7-16(23-18(19)13-24)17-12-21-15(11-22-17)9-10-20(3,4)5;;/h9,12,14,16,18-19,23-24H,6-8,13H2,1-5H3;1H3;/q-2;-1;+1/t16?,18-,19+;;/m0../s1. The first-order valence-corrected chi connectivity index (χ1v) is 9.16. The van der Waals surface area contributed by atoms with Crippen molar-refractivity contribution >= 4 is 6.08 Å². The first-order chi connectivity index (χ1) is 11.8. The van der Waals surface area contributed by atoms with Crippen molar-refractivity contribution in [3.8, 4) is 0 Å². The van der Waals surface area contributed by atoms with E-state index in [0.717, 1.165) is 25.0 Å². The fourth-order valence-corrected chi connectivity index (χ4v) is 2.93. The Bertz CT molecular complexity index is 556. The molecule has 1 saturated heterocycles. The van der Waals surface area contributed by atoms with Gasteiger partial charge in [0, 0.05) is 6.04 Å². The van der Waals surface area contributed by atoms with E-state index in [4.69, 9.17) is 4.74 Å². The van der Waals surface area contributed by atoms with E-state index in [1.54, 1.807) is 6.20 Å². The molecule has 2 heterocycles. The minimum absolute atomic E-state index is 0. The maximum atomic E-state index is 9.75. The van der Waals surface area contributed by atoms with E-state index in [0.29, 0.717) is 5.69 Å². The molecule has 1 aliphatic heterocycles. The van der Waals surface area contributed by atoms with Gasteiger partial charge in [0.25, 0.3) is 0 Å². The summed E-state index contributed by atoms with van der Waals surface area (Å²) < 4.78 is 5.96. The average molecular weight is 367 g/mol. The van der Waals surface area contributed by atoms with Crippen molar-refractivity contribution in [2.45, 2.75) is 78.2 Å². The fraction of sp³-hybridized carbons (Fsp3) is 0.667. The number of allylic oxidation sites excluding steroid dienone is 1. The second-order valence-corrected chi connectivity index (χ2v) is 7.99. The molecule has 0 amide bonds. The molecule has 6 heteroatoms. The number of ether oxygens (including phenoxy) is 1. The molecule has 0 aliphatic carbocycles. The maximum absolute atomic E-state index is 9.75. The monoisotopic (exact) mass is 367 g/mol. The molecule has 148 valence electrons. The Morgan fingerprint density at radius 2 is 2.11 bits per heavy atom. The van der Waals surface area contributed by atoms with Crippen LogP contribution in [-0.4, -0.2) is 39.9 Å². The molecule has 2 rings (SSSR count). The van der Waals surface area contributed by atoms with Crippen molar-refractivity contribution < 1.29 is 28.7 Å². The Balaban J connectivity index is 0.00000338. The molecule has 1 aliphatic rings. The van der Waals surface area contributed by atoms with Crippen molar-refractivity contribution in [3.63, 3.8) is 0 Å². The van der Waals surface area contributed by atoms with Gasteiger partial charge < -0.3 is 44.7 Å². The molecule has 1 fully saturated rings. The van der Waals surface area contributed by atoms with Crippen molar-refractivity contribution in [2.24, 2.45) is 5.41 Å². The molecule has 3 atom stereocenters. The summed E-state index contributed by atoms with van der Waals surface area (Å²) in [5, 5.41) is 13.2. The predicted octanol–water partition coefficient (Wildman–Crippen LogP) is 0.563. The molecule has 27 heavy (non-hydrogen) atoms. The van der Waals surface area contributed by atoms with Crippen LogP contribution in [0.4, 0.5) is 0 Å². The molecule has 1 aromatic heterocycles. The predicted molar refractivity (Wildman–Crippen MR) is 105 cm³/mol. The number of rotatable bonds is 5. The average Bonchev–Trinajstić information content (AvgIpc) is 2.74. The Labute approximate surface area is 177 Å². The molecule has 1 aromatic rings. The maximum Gasteiger partial charge on any atom is 1.00 e. The van der Waals surface area contributed by atoms with E-state index < -0.39 is 0 Å². The van der Waals surface area contributed by atoms with Crippen LogP contribution < -0.4 is 24.2 Å². The van der Waals surface area contributed by atoms with E-state index in [2.05, 4.69) is 48.3 Å². The van der Waals surface area contributed by atoms with Crippen molar-refractivity contribution in [3.05, 3.63) is 37.3 Å². The third kappa shape index (κ3) is 8.89. The van der Waals surface area contributed by atoms with Crippen LogP contribution in [0, 0.1) is 25.1 Å². The van der Waals surface area contributed by atoms with Crippen LogP contribution in [0.1, 0.15) is 71.3 Å². The van der Waals surface area contributed by atoms with Gasteiger partial charge in [-0.1, -0.05) is 20.8 Å². The van der Waals surface area contributed by atoms with Gasteiger partial charge in [0.05, 0.1) is 24.9 Å². The van der Waals surface area contributed by atoms with Gasteiger partial charge in [0.1, 0.15) is 0 Å². The number of hydrogen-bond acceptors (Lipinski definition) is 5. The van der Waals surface area contributed by atoms with Gasteiger partial charge >= 0.3 is 18.9 Å². The topological polar surface area (TPSA) is 67.3 Å². The molecular formula is C21H34LiN3O2-2. The summed E-state index contributed by atoms with van der Waals surface area (Å²) in [4.78, 5) is 8.89. The van der Waals surface area contributed by atoms with Crippen LogP contribution in [0.25, 0.3) is 6.08 Å². The molecule has 0 bridgehead atoms. The smallest absolute Gasteiger partial charge is 0.405 e. The minimum Gasteiger partial charge on any atom is -0.405 e. The molecule has 5 nitrogen and oxygen atoms in total. The van der Waals surface area contributed by atoms with E-state index in [9.17, 15) is 5.11 Å². The van der Waals surface area contributed by atoms with Crippen LogP contribution in [0.5, 0.6) is 0 Å². The number of nitrogens with zero attached hydrogens (tertiary/aromatic N) is 2. The third-order valence-electron chi connectivity index (χ3n) is 4.12. The van der Waals surface area contributed by atoms with Gasteiger partial charge in [0.15, 0.2) is 0 Å². The number of aliphatic hydroxyl groups excluding tert-OH is 1. The number of hydrogen-bond donors (Lipinski definition) is 2. The summed E-state index contributed by atoms with van der Waals surface area (Å²) in [5.74, 6) is 0. The van der Waals surface area contributed by atoms with Crippen LogP contribution in [0.3, 0.4) is 0 Å². The van der Waals surface area contributed by atoms with Crippen molar-refractivity contribution in [2.75, 3.05) is 6.61 Å². The van der Waals surface area contributed by atoms with Gasteiger partial charge in [-0.15, -0.1) is 5.41 Å². The molecule has 0 saturated carbocycles. The first-order valence-electron chi connectivity index (χ1n) is 9.16. The summed E-state index contributed by atoms with van der Waals surface area (Å²) in [7, 11) is 0. The first kappa shape index (κ1) is 26.3. The van der Waals surface area contributed by atoms with Crippen molar-refractivity contribution in [1.82, 2.24) is 15.3 Å². The number of aliphatic hydroxyl groups is 1. The Hall–Kier alpha value is -0.703. The van der Waals surface area contributed by atoms with Gasteiger partial charge in [-0.2, -0.15) is 11.9 Å². The summed E-state index contributed by atoms with van der Waals surface area (Å²) in [6.07, 6.45) is 13.0. The quantitative estimate of drug-likeness (QED) is 0.588. The zero-order chi connectivity index (χ0) is 18.4. The summed E-state index contributed by atoms with van der Waals surface area (Å²) >= 11 is 0. The SMILES string of the molecule is CC(C)O[C@@H]1CCCC(c2cnc(C=[C-]C(C)(C)C)[c-]n2)N[C@H]1CO.[CH3-].[Li+]. The molecule has 2 N–H and O–H groups in total. The molecule has 0 aromatic carbocycles. The third-order valence-corrected chi connectivity index (χ3v) is 4.12. The second-order valence-electron chi connectivity index (χ2n) is 7.99. The van der Waals surface area contributed by atoms with Gasteiger partial charge in [0.2, 0.25) is 0 Å².